The Morgan fingerprint density at radius 3 is 2.41 bits per heavy atom. The summed E-state index contributed by atoms with van der Waals surface area (Å²) in [5.74, 6) is 0.0319. The van der Waals surface area contributed by atoms with E-state index in [-0.39, 0.29) is 5.91 Å². The summed E-state index contributed by atoms with van der Waals surface area (Å²) in [5.41, 5.74) is 0. The van der Waals surface area contributed by atoms with E-state index < -0.39 is 12.0 Å². The number of amides is 1. The number of carbonyl (C=O) groups excluding carboxylic acids is 2. The highest BCUT2D eigenvalue weighted by molar-refractivity contribution is 5.83. The van der Waals surface area contributed by atoms with E-state index in [0.29, 0.717) is 12.5 Å². The SMILES string of the molecule is COC(=O)C(CNCCCC(C)C)NC(C)=O. The Morgan fingerprint density at radius 2 is 1.94 bits per heavy atom. The van der Waals surface area contributed by atoms with E-state index in [4.69, 9.17) is 0 Å². The predicted octanol–water partition coefficient (Wildman–Crippen LogP) is 0.690. The van der Waals surface area contributed by atoms with Crippen LogP contribution >= 0.6 is 0 Å². The molecule has 0 rings (SSSR count). The fraction of sp³-hybridized carbons (Fsp3) is 0.833. The molecule has 1 unspecified atom stereocenters. The maximum atomic E-state index is 11.3. The molecule has 5 heteroatoms. The van der Waals surface area contributed by atoms with Crippen molar-refractivity contribution in [2.24, 2.45) is 5.92 Å². The lowest BCUT2D eigenvalue weighted by atomic mass is 10.1. The minimum absolute atomic E-state index is 0.232. The Bertz CT molecular complexity index is 242. The zero-order valence-electron chi connectivity index (χ0n) is 11.2. The molecule has 0 saturated heterocycles. The van der Waals surface area contributed by atoms with Crippen molar-refractivity contribution >= 4 is 11.9 Å². The molecule has 5 nitrogen and oxygen atoms in total. The molecule has 1 atom stereocenters. The van der Waals surface area contributed by atoms with Crippen LogP contribution in [-0.2, 0) is 14.3 Å². The van der Waals surface area contributed by atoms with Gasteiger partial charge >= 0.3 is 5.97 Å². The quantitative estimate of drug-likeness (QED) is 0.487. The fourth-order valence-electron chi connectivity index (χ4n) is 1.46. The van der Waals surface area contributed by atoms with E-state index in [0.717, 1.165) is 19.4 Å². The largest absolute Gasteiger partial charge is 0.467 e. The van der Waals surface area contributed by atoms with Gasteiger partial charge in [0.2, 0.25) is 5.91 Å². The van der Waals surface area contributed by atoms with Gasteiger partial charge in [0.15, 0.2) is 0 Å². The summed E-state index contributed by atoms with van der Waals surface area (Å²) in [4.78, 5) is 22.2. The van der Waals surface area contributed by atoms with Gasteiger partial charge in [-0.25, -0.2) is 4.79 Å². The molecule has 0 radical (unpaired) electrons. The number of nitrogens with one attached hydrogen (secondary N) is 2. The van der Waals surface area contributed by atoms with Crippen molar-refractivity contribution < 1.29 is 14.3 Å². The summed E-state index contributed by atoms with van der Waals surface area (Å²) in [6, 6.07) is -0.600. The first-order chi connectivity index (χ1) is 7.97. The molecule has 0 saturated carbocycles. The highest BCUT2D eigenvalue weighted by Crippen LogP contribution is 2.01. The van der Waals surface area contributed by atoms with Gasteiger partial charge in [-0.3, -0.25) is 4.79 Å². The molecule has 0 aliphatic rings. The van der Waals surface area contributed by atoms with Crippen molar-refractivity contribution in [3.8, 4) is 0 Å². The Balaban J connectivity index is 3.84. The molecule has 0 heterocycles. The van der Waals surface area contributed by atoms with Gasteiger partial charge in [0.05, 0.1) is 7.11 Å². The van der Waals surface area contributed by atoms with Gasteiger partial charge in [-0.2, -0.15) is 0 Å². The van der Waals surface area contributed by atoms with Crippen LogP contribution in [0.1, 0.15) is 33.6 Å². The number of rotatable bonds is 8. The van der Waals surface area contributed by atoms with Crippen molar-refractivity contribution in [2.75, 3.05) is 20.2 Å². The second-order valence-corrected chi connectivity index (χ2v) is 4.52. The number of ether oxygens (including phenoxy) is 1. The number of carbonyl (C=O) groups is 2. The van der Waals surface area contributed by atoms with Crippen molar-refractivity contribution in [1.29, 1.82) is 0 Å². The topological polar surface area (TPSA) is 67.4 Å². The molecule has 0 aliphatic heterocycles. The molecule has 0 bridgehead atoms. The van der Waals surface area contributed by atoms with E-state index >= 15 is 0 Å². The molecule has 0 aromatic carbocycles. The van der Waals surface area contributed by atoms with Crippen molar-refractivity contribution in [3.63, 3.8) is 0 Å². The third-order valence-electron chi connectivity index (χ3n) is 2.35. The second kappa shape index (κ2) is 8.98. The molecular formula is C12H24N2O3. The van der Waals surface area contributed by atoms with E-state index in [9.17, 15) is 9.59 Å². The average Bonchev–Trinajstić information content (AvgIpc) is 2.25. The Morgan fingerprint density at radius 1 is 1.29 bits per heavy atom. The molecule has 0 fully saturated rings. The lowest BCUT2D eigenvalue weighted by Gasteiger charge is -2.16. The molecule has 17 heavy (non-hydrogen) atoms. The molecule has 100 valence electrons. The van der Waals surface area contributed by atoms with Crippen molar-refractivity contribution in [1.82, 2.24) is 10.6 Å². The van der Waals surface area contributed by atoms with Crippen LogP contribution in [0.3, 0.4) is 0 Å². The number of hydrogen-bond acceptors (Lipinski definition) is 4. The van der Waals surface area contributed by atoms with Crippen molar-refractivity contribution in [3.05, 3.63) is 0 Å². The van der Waals surface area contributed by atoms with E-state index in [1.165, 1.54) is 14.0 Å². The summed E-state index contributed by atoms with van der Waals surface area (Å²) in [7, 11) is 1.32. The molecule has 0 aromatic heterocycles. The normalized spacial score (nSPS) is 12.3. The van der Waals surface area contributed by atoms with Crippen LogP contribution in [0, 0.1) is 5.92 Å². The first kappa shape index (κ1) is 15.9. The summed E-state index contributed by atoms with van der Waals surface area (Å²) < 4.78 is 4.61. The minimum Gasteiger partial charge on any atom is -0.467 e. The number of esters is 1. The van der Waals surface area contributed by atoms with Gasteiger partial charge in [-0.05, 0) is 25.3 Å². The van der Waals surface area contributed by atoms with Gasteiger partial charge in [-0.1, -0.05) is 13.8 Å². The Hall–Kier alpha value is -1.10. The molecule has 0 aliphatic carbocycles. The first-order valence-electron chi connectivity index (χ1n) is 6.03. The minimum atomic E-state index is -0.600. The number of hydrogen-bond donors (Lipinski definition) is 2. The van der Waals surface area contributed by atoms with E-state index in [1.54, 1.807) is 0 Å². The average molecular weight is 244 g/mol. The smallest absolute Gasteiger partial charge is 0.329 e. The van der Waals surface area contributed by atoms with Crippen LogP contribution in [-0.4, -0.2) is 38.1 Å². The standard InChI is InChI=1S/C12H24N2O3/c1-9(2)6-5-7-13-8-11(12(16)17-4)14-10(3)15/h9,11,13H,5-8H2,1-4H3,(H,14,15). The highest BCUT2D eigenvalue weighted by Gasteiger charge is 2.19. The van der Waals surface area contributed by atoms with Gasteiger partial charge in [0.25, 0.3) is 0 Å². The Kier molecular flexibility index (Phi) is 8.40. The number of methoxy groups -OCH3 is 1. The van der Waals surface area contributed by atoms with E-state index in [1.807, 2.05) is 0 Å². The maximum Gasteiger partial charge on any atom is 0.329 e. The van der Waals surface area contributed by atoms with E-state index in [2.05, 4.69) is 29.2 Å². The monoisotopic (exact) mass is 244 g/mol. The fourth-order valence-corrected chi connectivity index (χ4v) is 1.46. The summed E-state index contributed by atoms with van der Waals surface area (Å²) in [5, 5.41) is 5.70. The second-order valence-electron chi connectivity index (χ2n) is 4.52. The Labute approximate surface area is 103 Å². The zero-order valence-corrected chi connectivity index (χ0v) is 11.2. The van der Waals surface area contributed by atoms with Crippen molar-refractivity contribution in [2.45, 2.75) is 39.7 Å². The third-order valence-corrected chi connectivity index (χ3v) is 2.35. The van der Waals surface area contributed by atoms with Crippen LogP contribution in [0.2, 0.25) is 0 Å². The third kappa shape index (κ3) is 8.68. The van der Waals surface area contributed by atoms with Crippen LogP contribution in [0.25, 0.3) is 0 Å². The maximum absolute atomic E-state index is 11.3. The van der Waals surface area contributed by atoms with Crippen LogP contribution in [0.4, 0.5) is 0 Å². The van der Waals surface area contributed by atoms with Gasteiger partial charge < -0.3 is 15.4 Å². The zero-order chi connectivity index (χ0) is 13.3. The summed E-state index contributed by atoms with van der Waals surface area (Å²) >= 11 is 0. The first-order valence-corrected chi connectivity index (χ1v) is 6.03. The predicted molar refractivity (Wildman–Crippen MR) is 66.6 cm³/mol. The lowest BCUT2D eigenvalue weighted by Crippen LogP contribution is -2.47. The van der Waals surface area contributed by atoms with Gasteiger partial charge in [0, 0.05) is 13.5 Å². The van der Waals surface area contributed by atoms with Crippen LogP contribution in [0.15, 0.2) is 0 Å². The highest BCUT2D eigenvalue weighted by atomic mass is 16.5. The molecule has 0 aromatic rings. The molecule has 0 spiro atoms. The molecular weight excluding hydrogens is 220 g/mol. The summed E-state index contributed by atoms with van der Waals surface area (Å²) in [6.07, 6.45) is 2.21. The van der Waals surface area contributed by atoms with Gasteiger partial charge in [-0.15, -0.1) is 0 Å². The molecule has 2 N–H and O–H groups in total. The lowest BCUT2D eigenvalue weighted by molar-refractivity contribution is -0.144. The molecule has 1 amide bonds. The van der Waals surface area contributed by atoms with Crippen LogP contribution in [0.5, 0.6) is 0 Å². The summed E-state index contributed by atoms with van der Waals surface area (Å²) in [6.45, 7) is 6.98. The van der Waals surface area contributed by atoms with Crippen LogP contribution < -0.4 is 10.6 Å². The van der Waals surface area contributed by atoms with Gasteiger partial charge in [0.1, 0.15) is 6.04 Å².